The maximum atomic E-state index is 6.39. The van der Waals surface area contributed by atoms with Gasteiger partial charge in [0.1, 0.15) is 0 Å². The Balaban J connectivity index is 2.26. The van der Waals surface area contributed by atoms with E-state index in [1.165, 1.54) is 41.9 Å². The lowest BCUT2D eigenvalue weighted by Crippen LogP contribution is -2.48. The summed E-state index contributed by atoms with van der Waals surface area (Å²) in [6, 6.07) is 4.89. The fraction of sp³-hybridized carbons (Fsp3) is 0.778. The summed E-state index contributed by atoms with van der Waals surface area (Å²) < 4.78 is 6.39. The zero-order valence-corrected chi connectivity index (χ0v) is 14.9. The summed E-state index contributed by atoms with van der Waals surface area (Å²) in [6.07, 6.45) is 6.10. The Morgan fingerprint density at radius 1 is 1.33 bits per heavy atom. The lowest BCUT2D eigenvalue weighted by atomic mass is 9.74. The molecule has 1 aromatic heterocycles. The first-order valence-corrected chi connectivity index (χ1v) is 9.36. The molecular weight excluding hydrogens is 278 g/mol. The van der Waals surface area contributed by atoms with E-state index in [0.717, 1.165) is 19.1 Å². The molecule has 1 aliphatic rings. The van der Waals surface area contributed by atoms with Crippen molar-refractivity contribution in [2.75, 3.05) is 13.2 Å². The molecule has 0 aromatic carbocycles. The molecule has 1 fully saturated rings. The van der Waals surface area contributed by atoms with E-state index in [1.54, 1.807) is 0 Å². The van der Waals surface area contributed by atoms with Gasteiger partial charge in [-0.3, -0.25) is 0 Å². The molecule has 0 spiro atoms. The van der Waals surface area contributed by atoms with E-state index in [2.05, 4.69) is 45.1 Å². The number of thiophene rings is 1. The highest BCUT2D eigenvalue weighted by molar-refractivity contribution is 7.12. The molecule has 1 saturated carbocycles. The number of nitrogens with one attached hydrogen (secondary N) is 1. The van der Waals surface area contributed by atoms with Crippen LogP contribution in [0.15, 0.2) is 12.1 Å². The maximum Gasteiger partial charge on any atom is 0.0884 e. The monoisotopic (exact) mass is 309 g/mol. The zero-order valence-electron chi connectivity index (χ0n) is 14.1. The van der Waals surface area contributed by atoms with Crippen LogP contribution < -0.4 is 5.32 Å². The van der Waals surface area contributed by atoms with Gasteiger partial charge in [0.05, 0.1) is 11.6 Å². The van der Waals surface area contributed by atoms with Crippen molar-refractivity contribution in [2.24, 2.45) is 5.92 Å². The zero-order chi connectivity index (χ0) is 15.3. The van der Waals surface area contributed by atoms with Crippen molar-refractivity contribution in [1.29, 1.82) is 0 Å². The van der Waals surface area contributed by atoms with Crippen molar-refractivity contribution in [1.82, 2.24) is 5.32 Å². The third-order valence-electron chi connectivity index (χ3n) is 4.72. The third-order valence-corrected chi connectivity index (χ3v) is 5.79. The first-order chi connectivity index (χ1) is 10.1. The summed E-state index contributed by atoms with van der Waals surface area (Å²) in [6.45, 7) is 10.8. The summed E-state index contributed by atoms with van der Waals surface area (Å²) >= 11 is 1.92. The highest BCUT2D eigenvalue weighted by atomic mass is 32.1. The molecule has 1 atom stereocenters. The molecular formula is C18H31NOS. The van der Waals surface area contributed by atoms with E-state index in [9.17, 15) is 0 Å². The molecule has 2 nitrogen and oxygen atoms in total. The molecule has 120 valence electrons. The van der Waals surface area contributed by atoms with Gasteiger partial charge in [0.2, 0.25) is 0 Å². The molecule has 1 N–H and O–H groups in total. The van der Waals surface area contributed by atoms with Gasteiger partial charge in [-0.15, -0.1) is 11.3 Å². The highest BCUT2D eigenvalue weighted by Gasteiger charge is 2.43. The van der Waals surface area contributed by atoms with Crippen LogP contribution in [0.25, 0.3) is 0 Å². The topological polar surface area (TPSA) is 21.3 Å². The van der Waals surface area contributed by atoms with Crippen molar-refractivity contribution < 1.29 is 4.74 Å². The molecule has 1 aliphatic carbocycles. The Labute approximate surface area is 134 Å². The number of rotatable bonds is 7. The second-order valence-electron chi connectivity index (χ2n) is 6.52. The average Bonchev–Trinajstić information content (AvgIpc) is 2.89. The lowest BCUT2D eigenvalue weighted by molar-refractivity contribution is -0.0968. The standard InChI is InChI=1S/C18H31NOS/c1-5-13-19-17(16-8-7-15(4)21-16)18(20-6-2)11-9-14(3)10-12-18/h7-8,14,17,19H,5-6,9-13H2,1-4H3. The number of ether oxygens (including phenoxy) is 1. The Kier molecular flexibility index (Phi) is 6.27. The molecule has 0 radical (unpaired) electrons. The van der Waals surface area contributed by atoms with Gasteiger partial charge in [-0.25, -0.2) is 0 Å². The Hall–Kier alpha value is -0.380. The van der Waals surface area contributed by atoms with E-state index in [0.29, 0.717) is 6.04 Å². The lowest BCUT2D eigenvalue weighted by Gasteiger charge is -2.45. The van der Waals surface area contributed by atoms with Crippen LogP contribution in [0.1, 0.15) is 68.7 Å². The maximum absolute atomic E-state index is 6.39. The smallest absolute Gasteiger partial charge is 0.0884 e. The van der Waals surface area contributed by atoms with E-state index in [1.807, 2.05) is 11.3 Å². The van der Waals surface area contributed by atoms with Crippen molar-refractivity contribution in [3.05, 3.63) is 21.9 Å². The van der Waals surface area contributed by atoms with Gasteiger partial charge in [-0.1, -0.05) is 13.8 Å². The Morgan fingerprint density at radius 2 is 2.05 bits per heavy atom. The largest absolute Gasteiger partial charge is 0.373 e. The SMILES string of the molecule is CCCNC(c1ccc(C)s1)C1(OCC)CCC(C)CC1. The quantitative estimate of drug-likeness (QED) is 0.758. The predicted molar refractivity (Wildman–Crippen MR) is 92.1 cm³/mol. The summed E-state index contributed by atoms with van der Waals surface area (Å²) in [7, 11) is 0. The van der Waals surface area contributed by atoms with Gasteiger partial charge in [0.15, 0.2) is 0 Å². The summed E-state index contributed by atoms with van der Waals surface area (Å²) in [5, 5.41) is 3.79. The van der Waals surface area contributed by atoms with Crippen molar-refractivity contribution in [3.8, 4) is 0 Å². The predicted octanol–water partition coefficient (Wildman–Crippen LogP) is 5.08. The fourth-order valence-electron chi connectivity index (χ4n) is 3.50. The van der Waals surface area contributed by atoms with Crippen molar-refractivity contribution >= 4 is 11.3 Å². The van der Waals surface area contributed by atoms with Crippen LogP contribution in [-0.4, -0.2) is 18.8 Å². The highest BCUT2D eigenvalue weighted by Crippen LogP contribution is 2.44. The Morgan fingerprint density at radius 3 is 2.57 bits per heavy atom. The van der Waals surface area contributed by atoms with Gasteiger partial charge in [-0.2, -0.15) is 0 Å². The second-order valence-corrected chi connectivity index (χ2v) is 7.84. The van der Waals surface area contributed by atoms with Gasteiger partial charge in [0.25, 0.3) is 0 Å². The average molecular weight is 310 g/mol. The molecule has 0 bridgehead atoms. The minimum Gasteiger partial charge on any atom is -0.373 e. The second kappa shape index (κ2) is 7.75. The molecule has 0 amide bonds. The Bertz CT molecular complexity index is 421. The molecule has 1 aromatic rings. The van der Waals surface area contributed by atoms with Gasteiger partial charge >= 0.3 is 0 Å². The van der Waals surface area contributed by atoms with Crippen LogP contribution >= 0.6 is 11.3 Å². The minimum atomic E-state index is -0.00623. The van der Waals surface area contributed by atoms with Crippen LogP contribution in [0.5, 0.6) is 0 Å². The van der Waals surface area contributed by atoms with Crippen molar-refractivity contribution in [2.45, 2.75) is 71.4 Å². The van der Waals surface area contributed by atoms with E-state index >= 15 is 0 Å². The van der Waals surface area contributed by atoms with E-state index in [4.69, 9.17) is 4.74 Å². The van der Waals surface area contributed by atoms with Crippen LogP contribution in [0.2, 0.25) is 0 Å². The molecule has 1 unspecified atom stereocenters. The van der Waals surface area contributed by atoms with E-state index in [-0.39, 0.29) is 5.60 Å². The molecule has 3 heteroatoms. The van der Waals surface area contributed by atoms with E-state index < -0.39 is 0 Å². The van der Waals surface area contributed by atoms with Crippen LogP contribution in [0.4, 0.5) is 0 Å². The normalized spacial score (nSPS) is 27.7. The number of hydrogen-bond acceptors (Lipinski definition) is 3. The van der Waals surface area contributed by atoms with Gasteiger partial charge in [0, 0.05) is 16.4 Å². The molecule has 21 heavy (non-hydrogen) atoms. The molecule has 1 heterocycles. The summed E-state index contributed by atoms with van der Waals surface area (Å²) in [5.74, 6) is 0.843. The molecule has 0 aliphatic heterocycles. The van der Waals surface area contributed by atoms with Gasteiger partial charge < -0.3 is 10.1 Å². The molecule has 2 rings (SSSR count). The number of hydrogen-bond donors (Lipinski definition) is 1. The van der Waals surface area contributed by atoms with Crippen LogP contribution in [0.3, 0.4) is 0 Å². The first-order valence-electron chi connectivity index (χ1n) is 8.55. The first kappa shape index (κ1) is 17.0. The summed E-state index contributed by atoms with van der Waals surface area (Å²) in [5.41, 5.74) is -0.00623. The van der Waals surface area contributed by atoms with Crippen LogP contribution in [0, 0.1) is 12.8 Å². The van der Waals surface area contributed by atoms with Gasteiger partial charge in [-0.05, 0) is 70.5 Å². The number of aryl methyl sites for hydroxylation is 1. The summed E-state index contributed by atoms with van der Waals surface area (Å²) in [4.78, 5) is 2.84. The van der Waals surface area contributed by atoms with Crippen LogP contribution in [-0.2, 0) is 4.74 Å². The third kappa shape index (κ3) is 4.08. The molecule has 0 saturated heterocycles. The van der Waals surface area contributed by atoms with Crippen molar-refractivity contribution in [3.63, 3.8) is 0 Å². The minimum absolute atomic E-state index is 0.00623. The fourth-order valence-corrected chi connectivity index (χ4v) is 4.56.